The van der Waals surface area contributed by atoms with E-state index < -0.39 is 0 Å². The molecule has 1 atom stereocenters. The molecule has 0 radical (unpaired) electrons. The molecule has 0 spiro atoms. The van der Waals surface area contributed by atoms with Crippen LogP contribution in [0.3, 0.4) is 0 Å². The minimum Gasteiger partial charge on any atom is -0.320 e. The second-order valence-electron chi connectivity index (χ2n) is 6.18. The number of benzene rings is 1. The molecule has 0 saturated heterocycles. The molecular weight excluding hydrogens is 272 g/mol. The number of hydrogen-bond donors (Lipinski definition) is 1. The Hall–Kier alpha value is -1.87. The van der Waals surface area contributed by atoms with E-state index in [0.29, 0.717) is 5.56 Å². The number of nitrogens with two attached hydrogens (primary N) is 1. The van der Waals surface area contributed by atoms with Gasteiger partial charge >= 0.3 is 0 Å². The highest BCUT2D eigenvalue weighted by Gasteiger charge is 2.19. The maximum Gasteiger partial charge on any atom is 0.256 e. The molecule has 0 fully saturated rings. The molecule has 118 valence electrons. The second kappa shape index (κ2) is 6.49. The molecule has 0 saturated carbocycles. The van der Waals surface area contributed by atoms with Gasteiger partial charge in [0.15, 0.2) is 0 Å². The third kappa shape index (κ3) is 3.00. The number of rotatable bonds is 4. The number of aryl methyl sites for hydroxylation is 4. The second-order valence-corrected chi connectivity index (χ2v) is 6.18. The van der Waals surface area contributed by atoms with E-state index in [4.69, 9.17) is 5.73 Å². The van der Waals surface area contributed by atoms with Crippen LogP contribution in [-0.4, -0.2) is 4.57 Å². The number of nitrogens with zero attached hydrogens (tertiary/aromatic N) is 1. The van der Waals surface area contributed by atoms with Crippen molar-refractivity contribution < 1.29 is 0 Å². The molecule has 2 aromatic rings. The van der Waals surface area contributed by atoms with Crippen molar-refractivity contribution in [3.63, 3.8) is 0 Å². The van der Waals surface area contributed by atoms with Crippen LogP contribution < -0.4 is 11.3 Å². The van der Waals surface area contributed by atoms with Crippen molar-refractivity contribution in [3.05, 3.63) is 68.1 Å². The average molecular weight is 298 g/mol. The Morgan fingerprint density at radius 2 is 1.77 bits per heavy atom. The third-order valence-corrected chi connectivity index (χ3v) is 4.28. The number of hydrogen-bond acceptors (Lipinski definition) is 2. The molecule has 1 aromatic heterocycles. The Balaban J connectivity index is 2.63. The molecule has 0 aliphatic carbocycles. The van der Waals surface area contributed by atoms with Crippen molar-refractivity contribution >= 4 is 0 Å². The van der Waals surface area contributed by atoms with Gasteiger partial charge in [0, 0.05) is 17.8 Å². The van der Waals surface area contributed by atoms with Gasteiger partial charge < -0.3 is 10.3 Å². The van der Waals surface area contributed by atoms with Gasteiger partial charge in [0.1, 0.15) is 0 Å². The zero-order chi connectivity index (χ0) is 16.4. The lowest BCUT2D eigenvalue weighted by Crippen LogP contribution is -2.31. The standard InChI is InChI=1S/C19H26N2O/c1-6-9-21-15(5)11-14(4)17(19(21)22)18(20)16-10-12(2)7-8-13(16)3/h7-8,10-11,18H,6,9,20H2,1-5H3. The normalized spacial score (nSPS) is 12.5. The van der Waals surface area contributed by atoms with Gasteiger partial charge in [-0.05, 0) is 56.9 Å². The Morgan fingerprint density at radius 1 is 1.09 bits per heavy atom. The minimum atomic E-state index is -0.379. The fourth-order valence-electron chi connectivity index (χ4n) is 3.07. The fourth-order valence-corrected chi connectivity index (χ4v) is 3.07. The van der Waals surface area contributed by atoms with E-state index in [2.05, 4.69) is 31.2 Å². The smallest absolute Gasteiger partial charge is 0.256 e. The first-order valence-corrected chi connectivity index (χ1v) is 7.90. The monoisotopic (exact) mass is 298 g/mol. The first kappa shape index (κ1) is 16.5. The maximum absolute atomic E-state index is 12.9. The van der Waals surface area contributed by atoms with Crippen molar-refractivity contribution in [2.24, 2.45) is 5.73 Å². The largest absolute Gasteiger partial charge is 0.320 e. The van der Waals surface area contributed by atoms with Crippen molar-refractivity contribution in [1.29, 1.82) is 0 Å². The lowest BCUT2D eigenvalue weighted by molar-refractivity contribution is 0.620. The third-order valence-electron chi connectivity index (χ3n) is 4.28. The summed E-state index contributed by atoms with van der Waals surface area (Å²) >= 11 is 0. The first-order chi connectivity index (χ1) is 10.4. The summed E-state index contributed by atoms with van der Waals surface area (Å²) in [6, 6.07) is 7.91. The number of pyridine rings is 1. The van der Waals surface area contributed by atoms with E-state index in [1.807, 2.05) is 32.3 Å². The Kier molecular flexibility index (Phi) is 4.87. The maximum atomic E-state index is 12.9. The van der Waals surface area contributed by atoms with Gasteiger partial charge in [0.25, 0.3) is 5.56 Å². The fraction of sp³-hybridized carbons (Fsp3) is 0.421. The van der Waals surface area contributed by atoms with Gasteiger partial charge in [-0.2, -0.15) is 0 Å². The average Bonchev–Trinajstić information content (AvgIpc) is 2.45. The Morgan fingerprint density at radius 3 is 2.41 bits per heavy atom. The van der Waals surface area contributed by atoms with E-state index >= 15 is 0 Å². The molecule has 1 aromatic carbocycles. The van der Waals surface area contributed by atoms with Gasteiger partial charge in [0.2, 0.25) is 0 Å². The minimum absolute atomic E-state index is 0.0488. The molecule has 22 heavy (non-hydrogen) atoms. The van der Waals surface area contributed by atoms with Crippen LogP contribution in [0, 0.1) is 27.7 Å². The van der Waals surface area contributed by atoms with E-state index in [1.165, 1.54) is 0 Å². The molecule has 3 nitrogen and oxygen atoms in total. The van der Waals surface area contributed by atoms with Crippen LogP contribution in [0.5, 0.6) is 0 Å². The molecule has 0 bridgehead atoms. The summed E-state index contributed by atoms with van der Waals surface area (Å²) in [5, 5.41) is 0. The van der Waals surface area contributed by atoms with E-state index in [0.717, 1.165) is 40.9 Å². The zero-order valence-electron chi connectivity index (χ0n) is 14.2. The highest BCUT2D eigenvalue weighted by molar-refractivity contribution is 5.41. The summed E-state index contributed by atoms with van der Waals surface area (Å²) in [5.74, 6) is 0. The van der Waals surface area contributed by atoms with Crippen LogP contribution in [-0.2, 0) is 6.54 Å². The molecule has 2 rings (SSSR count). The van der Waals surface area contributed by atoms with Crippen LogP contribution >= 0.6 is 0 Å². The molecule has 2 N–H and O–H groups in total. The molecule has 0 aliphatic heterocycles. The van der Waals surface area contributed by atoms with Crippen molar-refractivity contribution in [3.8, 4) is 0 Å². The summed E-state index contributed by atoms with van der Waals surface area (Å²) in [5.41, 5.74) is 12.6. The van der Waals surface area contributed by atoms with Crippen molar-refractivity contribution in [2.75, 3.05) is 0 Å². The summed E-state index contributed by atoms with van der Waals surface area (Å²) in [6.45, 7) is 10.9. The SMILES string of the molecule is CCCn1c(C)cc(C)c(C(N)c2cc(C)ccc2C)c1=O. The quantitative estimate of drug-likeness (QED) is 0.938. The molecule has 0 amide bonds. The van der Waals surface area contributed by atoms with Crippen LogP contribution in [0.25, 0.3) is 0 Å². The van der Waals surface area contributed by atoms with Crippen LogP contribution in [0.1, 0.15) is 52.9 Å². The van der Waals surface area contributed by atoms with Crippen LogP contribution in [0.15, 0.2) is 29.1 Å². The molecule has 1 unspecified atom stereocenters. The lowest BCUT2D eigenvalue weighted by atomic mass is 9.92. The van der Waals surface area contributed by atoms with Gasteiger partial charge in [-0.15, -0.1) is 0 Å². The highest BCUT2D eigenvalue weighted by atomic mass is 16.1. The topological polar surface area (TPSA) is 48.0 Å². The van der Waals surface area contributed by atoms with Gasteiger partial charge in [-0.3, -0.25) is 4.79 Å². The Bertz CT molecular complexity index is 744. The van der Waals surface area contributed by atoms with Crippen molar-refractivity contribution in [1.82, 2.24) is 4.57 Å². The molecule has 0 aliphatic rings. The predicted octanol–water partition coefficient (Wildman–Crippen LogP) is 3.54. The van der Waals surface area contributed by atoms with E-state index in [1.54, 1.807) is 0 Å². The van der Waals surface area contributed by atoms with E-state index in [9.17, 15) is 4.79 Å². The first-order valence-electron chi connectivity index (χ1n) is 7.90. The molecule has 3 heteroatoms. The summed E-state index contributed by atoms with van der Waals surface area (Å²) < 4.78 is 1.84. The zero-order valence-corrected chi connectivity index (χ0v) is 14.2. The molecule has 1 heterocycles. The van der Waals surface area contributed by atoms with Gasteiger partial charge in [-0.25, -0.2) is 0 Å². The van der Waals surface area contributed by atoms with Gasteiger partial charge in [-0.1, -0.05) is 30.7 Å². The van der Waals surface area contributed by atoms with Crippen LogP contribution in [0.4, 0.5) is 0 Å². The van der Waals surface area contributed by atoms with Crippen molar-refractivity contribution in [2.45, 2.75) is 53.6 Å². The summed E-state index contributed by atoms with van der Waals surface area (Å²) in [6.07, 6.45) is 0.932. The van der Waals surface area contributed by atoms with E-state index in [-0.39, 0.29) is 11.6 Å². The van der Waals surface area contributed by atoms with Gasteiger partial charge in [0.05, 0.1) is 6.04 Å². The Labute approximate surface area is 132 Å². The summed E-state index contributed by atoms with van der Waals surface area (Å²) in [7, 11) is 0. The molecular formula is C19H26N2O. The van der Waals surface area contributed by atoms with Crippen LogP contribution in [0.2, 0.25) is 0 Å². The number of aromatic nitrogens is 1. The summed E-state index contributed by atoms with van der Waals surface area (Å²) in [4.78, 5) is 12.9. The predicted molar refractivity (Wildman–Crippen MR) is 92.4 cm³/mol. The lowest BCUT2D eigenvalue weighted by Gasteiger charge is -2.20. The highest BCUT2D eigenvalue weighted by Crippen LogP contribution is 2.24.